The van der Waals surface area contributed by atoms with E-state index in [0.29, 0.717) is 5.13 Å². The van der Waals surface area contributed by atoms with Gasteiger partial charge in [0, 0.05) is 10.0 Å². The van der Waals surface area contributed by atoms with Gasteiger partial charge in [-0.15, -0.1) is 0 Å². The average molecular weight is 311 g/mol. The van der Waals surface area contributed by atoms with Crippen LogP contribution in [0, 0.1) is 0 Å². The maximum Gasteiger partial charge on any atom is 0.180 e. The SMILES string of the molecule is CC1(C)Oc2ccc(Br)cc2-c2nc(N)sc21. The third kappa shape index (κ3) is 1.65. The smallest absolute Gasteiger partial charge is 0.180 e. The van der Waals surface area contributed by atoms with Gasteiger partial charge in [-0.25, -0.2) is 4.98 Å². The molecule has 1 aliphatic rings. The maximum absolute atomic E-state index is 6.01. The molecule has 1 aliphatic heterocycles. The molecule has 0 radical (unpaired) electrons. The number of thiazole rings is 1. The molecule has 0 spiro atoms. The van der Waals surface area contributed by atoms with Crippen LogP contribution in [0.15, 0.2) is 22.7 Å². The van der Waals surface area contributed by atoms with Gasteiger partial charge in [-0.2, -0.15) is 0 Å². The second-order valence-electron chi connectivity index (χ2n) is 4.48. The normalized spacial score (nSPS) is 15.9. The van der Waals surface area contributed by atoms with Gasteiger partial charge in [-0.1, -0.05) is 27.3 Å². The lowest BCUT2D eigenvalue weighted by atomic mass is 9.97. The molecule has 0 saturated carbocycles. The summed E-state index contributed by atoms with van der Waals surface area (Å²) in [6.45, 7) is 4.07. The lowest BCUT2D eigenvalue weighted by Crippen LogP contribution is -2.27. The van der Waals surface area contributed by atoms with Gasteiger partial charge >= 0.3 is 0 Å². The number of anilines is 1. The van der Waals surface area contributed by atoms with Crippen LogP contribution in [-0.4, -0.2) is 4.98 Å². The molecule has 2 aromatic rings. The molecule has 1 aromatic heterocycles. The van der Waals surface area contributed by atoms with Crippen molar-refractivity contribution >= 4 is 32.4 Å². The number of aromatic nitrogens is 1. The number of benzene rings is 1. The monoisotopic (exact) mass is 310 g/mol. The fourth-order valence-corrected chi connectivity index (χ4v) is 3.27. The first-order valence-electron chi connectivity index (χ1n) is 5.23. The highest BCUT2D eigenvalue weighted by atomic mass is 79.9. The van der Waals surface area contributed by atoms with Crippen LogP contribution in [0.2, 0.25) is 0 Å². The van der Waals surface area contributed by atoms with Crippen molar-refractivity contribution in [1.82, 2.24) is 4.98 Å². The molecule has 17 heavy (non-hydrogen) atoms. The zero-order valence-electron chi connectivity index (χ0n) is 9.45. The Morgan fingerprint density at radius 1 is 1.41 bits per heavy atom. The van der Waals surface area contributed by atoms with Gasteiger partial charge in [0.2, 0.25) is 0 Å². The lowest BCUT2D eigenvalue weighted by Gasteiger charge is -2.31. The summed E-state index contributed by atoms with van der Waals surface area (Å²) in [6.07, 6.45) is 0. The summed E-state index contributed by atoms with van der Waals surface area (Å²) in [5.74, 6) is 0.857. The second kappa shape index (κ2) is 3.46. The average Bonchev–Trinajstić information content (AvgIpc) is 2.63. The fraction of sp³-hybridized carbons (Fsp3) is 0.250. The highest BCUT2D eigenvalue weighted by Crippen LogP contribution is 2.48. The number of hydrogen-bond donors (Lipinski definition) is 1. The van der Waals surface area contributed by atoms with E-state index < -0.39 is 0 Å². The van der Waals surface area contributed by atoms with Gasteiger partial charge in [-0.3, -0.25) is 0 Å². The molecule has 5 heteroatoms. The van der Waals surface area contributed by atoms with Crippen molar-refractivity contribution in [2.75, 3.05) is 5.73 Å². The Labute approximate surface area is 112 Å². The molecule has 0 unspecified atom stereocenters. The van der Waals surface area contributed by atoms with Gasteiger partial charge in [0.25, 0.3) is 0 Å². The van der Waals surface area contributed by atoms with Crippen molar-refractivity contribution in [1.29, 1.82) is 0 Å². The first-order valence-corrected chi connectivity index (χ1v) is 6.84. The van der Waals surface area contributed by atoms with E-state index in [1.807, 2.05) is 32.0 Å². The molecule has 1 aromatic carbocycles. The molecule has 2 heterocycles. The van der Waals surface area contributed by atoms with Crippen LogP contribution < -0.4 is 10.5 Å². The van der Waals surface area contributed by atoms with Crippen LogP contribution in [0.3, 0.4) is 0 Å². The van der Waals surface area contributed by atoms with Crippen LogP contribution >= 0.6 is 27.3 Å². The van der Waals surface area contributed by atoms with E-state index >= 15 is 0 Å². The van der Waals surface area contributed by atoms with E-state index in [2.05, 4.69) is 20.9 Å². The first-order chi connectivity index (χ1) is 7.97. The Balaban J connectivity index is 2.32. The minimum Gasteiger partial charge on any atom is -0.482 e. The molecule has 0 saturated heterocycles. The van der Waals surface area contributed by atoms with E-state index in [0.717, 1.165) is 26.4 Å². The van der Waals surface area contributed by atoms with Gasteiger partial charge in [0.15, 0.2) is 5.13 Å². The van der Waals surface area contributed by atoms with E-state index in [4.69, 9.17) is 10.5 Å². The van der Waals surface area contributed by atoms with Crippen molar-refractivity contribution in [3.05, 3.63) is 27.5 Å². The van der Waals surface area contributed by atoms with Gasteiger partial charge in [-0.05, 0) is 32.0 Å². The molecule has 3 nitrogen and oxygen atoms in total. The van der Waals surface area contributed by atoms with Crippen LogP contribution in [0.1, 0.15) is 18.7 Å². The van der Waals surface area contributed by atoms with Crippen molar-refractivity contribution in [2.24, 2.45) is 0 Å². The molecule has 3 rings (SSSR count). The Kier molecular flexibility index (Phi) is 2.25. The molecule has 0 amide bonds. The maximum atomic E-state index is 6.01. The molecule has 0 fully saturated rings. The number of fused-ring (bicyclic) bond motifs is 3. The van der Waals surface area contributed by atoms with Crippen LogP contribution in [-0.2, 0) is 5.60 Å². The molecular formula is C12H11BrN2OS. The van der Waals surface area contributed by atoms with E-state index in [1.54, 1.807) is 0 Å². The van der Waals surface area contributed by atoms with Gasteiger partial charge < -0.3 is 10.5 Å². The highest BCUT2D eigenvalue weighted by Gasteiger charge is 2.35. The predicted molar refractivity (Wildman–Crippen MR) is 73.3 cm³/mol. The number of nitrogens with zero attached hydrogens (tertiary/aromatic N) is 1. The summed E-state index contributed by atoms with van der Waals surface area (Å²) in [6, 6.07) is 5.94. The highest BCUT2D eigenvalue weighted by molar-refractivity contribution is 9.10. The zero-order chi connectivity index (χ0) is 12.2. The molecule has 0 aliphatic carbocycles. The Hall–Kier alpha value is -1.07. The first kappa shape index (κ1) is 11.0. The summed E-state index contributed by atoms with van der Waals surface area (Å²) in [4.78, 5) is 5.51. The standard InChI is InChI=1S/C12H11BrN2OS/c1-12(2)10-9(15-11(14)17-10)7-5-6(13)3-4-8(7)16-12/h3-5H,1-2H3,(H2,14,15). The molecule has 0 bridgehead atoms. The van der Waals surface area contributed by atoms with Crippen molar-refractivity contribution in [3.8, 4) is 17.0 Å². The fourth-order valence-electron chi connectivity index (χ4n) is 2.02. The number of ether oxygens (including phenoxy) is 1. The molecule has 0 atom stereocenters. The van der Waals surface area contributed by atoms with Crippen molar-refractivity contribution < 1.29 is 4.74 Å². The van der Waals surface area contributed by atoms with Crippen LogP contribution in [0.5, 0.6) is 5.75 Å². The number of nitrogens with two attached hydrogens (primary N) is 1. The zero-order valence-corrected chi connectivity index (χ0v) is 11.9. The largest absolute Gasteiger partial charge is 0.482 e. The summed E-state index contributed by atoms with van der Waals surface area (Å²) in [5.41, 5.74) is 7.39. The molecule has 2 N–H and O–H groups in total. The predicted octanol–water partition coefficient (Wildman–Crippen LogP) is 3.78. The van der Waals surface area contributed by atoms with E-state index in [1.165, 1.54) is 11.3 Å². The minimum atomic E-state index is -0.370. The number of halogens is 1. The van der Waals surface area contributed by atoms with Crippen molar-refractivity contribution in [2.45, 2.75) is 19.4 Å². The summed E-state index contributed by atoms with van der Waals surface area (Å²) >= 11 is 4.96. The summed E-state index contributed by atoms with van der Waals surface area (Å²) in [5, 5.41) is 0.583. The Morgan fingerprint density at radius 3 is 2.94 bits per heavy atom. The number of hydrogen-bond acceptors (Lipinski definition) is 4. The Bertz CT molecular complexity index is 607. The quantitative estimate of drug-likeness (QED) is 0.805. The molecule has 88 valence electrons. The topological polar surface area (TPSA) is 48.1 Å². The third-order valence-corrected chi connectivity index (χ3v) is 4.44. The van der Waals surface area contributed by atoms with Gasteiger partial charge in [0.1, 0.15) is 11.4 Å². The summed E-state index contributed by atoms with van der Waals surface area (Å²) < 4.78 is 7.02. The van der Waals surface area contributed by atoms with E-state index in [9.17, 15) is 0 Å². The second-order valence-corrected chi connectivity index (χ2v) is 6.43. The molecular weight excluding hydrogens is 300 g/mol. The van der Waals surface area contributed by atoms with Gasteiger partial charge in [0.05, 0.1) is 10.6 Å². The third-order valence-electron chi connectivity index (χ3n) is 2.75. The van der Waals surface area contributed by atoms with E-state index in [-0.39, 0.29) is 5.60 Å². The minimum absolute atomic E-state index is 0.370. The number of nitrogen functional groups attached to an aromatic ring is 1. The van der Waals surface area contributed by atoms with Crippen molar-refractivity contribution in [3.63, 3.8) is 0 Å². The number of rotatable bonds is 0. The van der Waals surface area contributed by atoms with Crippen LogP contribution in [0.25, 0.3) is 11.3 Å². The lowest BCUT2D eigenvalue weighted by molar-refractivity contribution is 0.109. The Morgan fingerprint density at radius 2 is 2.18 bits per heavy atom. The van der Waals surface area contributed by atoms with Crippen LogP contribution in [0.4, 0.5) is 5.13 Å². The summed E-state index contributed by atoms with van der Waals surface area (Å²) in [7, 11) is 0.